The predicted octanol–water partition coefficient (Wildman–Crippen LogP) is 3.40. The van der Waals surface area contributed by atoms with Crippen LogP contribution in [0.15, 0.2) is 62.9 Å². The molecule has 9 heteroatoms. The molecule has 0 aliphatic heterocycles. The van der Waals surface area contributed by atoms with Gasteiger partial charge < -0.3 is 0 Å². The molecular formula is C17H11ClN2O5S. The van der Waals surface area contributed by atoms with E-state index < -0.39 is 20.7 Å². The summed E-state index contributed by atoms with van der Waals surface area (Å²) in [6.45, 7) is 1.51. The number of ketones is 1. The highest BCUT2D eigenvalue weighted by Gasteiger charge is 2.26. The zero-order valence-electron chi connectivity index (χ0n) is 13.3. The maximum absolute atomic E-state index is 12.7. The van der Waals surface area contributed by atoms with Gasteiger partial charge in [0.25, 0.3) is 15.7 Å². The number of hydrogen-bond donors (Lipinski definition) is 0. The van der Waals surface area contributed by atoms with Gasteiger partial charge in [-0.1, -0.05) is 41.9 Å². The molecule has 0 saturated heterocycles. The molecule has 0 saturated carbocycles. The van der Waals surface area contributed by atoms with E-state index in [0.29, 0.717) is 11.1 Å². The van der Waals surface area contributed by atoms with Crippen molar-refractivity contribution in [1.29, 1.82) is 0 Å². The third-order valence-electron chi connectivity index (χ3n) is 3.81. The van der Waals surface area contributed by atoms with Gasteiger partial charge in [-0.3, -0.25) is 14.9 Å². The first-order valence-corrected chi connectivity index (χ1v) is 9.14. The zero-order valence-corrected chi connectivity index (χ0v) is 14.9. The summed E-state index contributed by atoms with van der Waals surface area (Å²) in [5.41, 5.74) is 0.520. The van der Waals surface area contributed by atoms with Crippen LogP contribution in [0.2, 0.25) is 0 Å². The van der Waals surface area contributed by atoms with Crippen LogP contribution in [-0.4, -0.2) is 24.8 Å². The monoisotopic (exact) mass is 390 g/mol. The number of allylic oxidation sites excluding steroid dienone is 2. The number of hydrogen-bond acceptors (Lipinski definition) is 5. The molecule has 0 fully saturated rings. The van der Waals surface area contributed by atoms with Crippen LogP contribution in [0.1, 0.15) is 21.5 Å². The van der Waals surface area contributed by atoms with Crippen LogP contribution < -0.4 is 0 Å². The number of carbonyl (C=O) groups excluding carboxylic acids is 1. The van der Waals surface area contributed by atoms with Crippen molar-refractivity contribution in [3.8, 4) is 0 Å². The summed E-state index contributed by atoms with van der Waals surface area (Å²) in [6, 6.07) is 9.86. The minimum Gasteiger partial charge on any atom is -0.288 e. The summed E-state index contributed by atoms with van der Waals surface area (Å²) in [4.78, 5) is 22.1. The number of non-ortho nitro benzene ring substituents is 1. The quantitative estimate of drug-likeness (QED) is 0.589. The van der Waals surface area contributed by atoms with Crippen LogP contribution in [-0.2, 0) is 10.0 Å². The fourth-order valence-corrected chi connectivity index (χ4v) is 3.99. The lowest BCUT2D eigenvalue weighted by Gasteiger charge is -2.14. The second-order valence-electron chi connectivity index (χ2n) is 5.53. The summed E-state index contributed by atoms with van der Waals surface area (Å²) in [5, 5.41) is 10.8. The van der Waals surface area contributed by atoms with Crippen LogP contribution >= 0.6 is 11.6 Å². The average Bonchev–Trinajstić information content (AvgIpc) is 2.59. The number of Topliss-reactive ketones (excluding diaryl/α,β-unsaturated/α-hetero) is 1. The minimum atomic E-state index is -4.26. The number of carbonyl (C=O) groups is 1. The number of benzene rings is 2. The highest BCUT2D eigenvalue weighted by molar-refractivity contribution is 7.90. The largest absolute Gasteiger partial charge is 0.288 e. The maximum Gasteiger partial charge on any atom is 0.283 e. The number of aryl methyl sites for hydroxylation is 1. The predicted molar refractivity (Wildman–Crippen MR) is 96.3 cm³/mol. The number of rotatable bonds is 3. The van der Waals surface area contributed by atoms with E-state index >= 15 is 0 Å². The van der Waals surface area contributed by atoms with E-state index in [4.69, 9.17) is 11.6 Å². The Bertz CT molecular complexity index is 1120. The van der Waals surface area contributed by atoms with Crippen LogP contribution in [0.3, 0.4) is 0 Å². The lowest BCUT2D eigenvalue weighted by atomic mass is 9.94. The third kappa shape index (κ3) is 3.16. The number of nitro benzene ring substituents is 1. The molecule has 1 aliphatic rings. The van der Waals surface area contributed by atoms with Gasteiger partial charge in [0.05, 0.1) is 20.6 Å². The Morgan fingerprint density at radius 3 is 2.42 bits per heavy atom. The molecule has 0 radical (unpaired) electrons. The lowest BCUT2D eigenvalue weighted by Crippen LogP contribution is -2.16. The van der Waals surface area contributed by atoms with Crippen LogP contribution in [0.5, 0.6) is 0 Å². The SMILES string of the molecule is Cc1ccc([N+](=O)[O-])cc1S(=O)(=O)N=C1C=C(Cl)C(=O)c2ccccc21. The number of halogens is 1. The van der Waals surface area contributed by atoms with Crippen molar-refractivity contribution < 1.29 is 18.1 Å². The Labute approximate surface area is 153 Å². The summed E-state index contributed by atoms with van der Waals surface area (Å²) in [7, 11) is -4.26. The fourth-order valence-electron chi connectivity index (χ4n) is 2.53. The molecule has 0 unspecified atom stereocenters. The Morgan fingerprint density at radius 1 is 1.12 bits per heavy atom. The highest BCUT2D eigenvalue weighted by Crippen LogP contribution is 2.27. The van der Waals surface area contributed by atoms with Gasteiger partial charge in [-0.05, 0) is 18.6 Å². The Morgan fingerprint density at radius 2 is 1.77 bits per heavy atom. The average molecular weight is 391 g/mol. The molecule has 0 heterocycles. The molecule has 0 atom stereocenters. The molecule has 132 valence electrons. The van der Waals surface area contributed by atoms with E-state index in [0.717, 1.165) is 6.07 Å². The summed E-state index contributed by atoms with van der Waals surface area (Å²) in [5.74, 6) is -0.426. The summed E-state index contributed by atoms with van der Waals surface area (Å²) in [6.07, 6.45) is 1.18. The first-order chi connectivity index (χ1) is 12.2. The maximum atomic E-state index is 12.7. The molecule has 0 spiro atoms. The van der Waals surface area contributed by atoms with Crippen LogP contribution in [0.4, 0.5) is 5.69 Å². The van der Waals surface area contributed by atoms with Gasteiger partial charge in [0, 0.05) is 23.3 Å². The molecule has 3 rings (SSSR count). The standard InChI is InChI=1S/C17H11ClN2O5S/c1-10-6-7-11(20(22)23)8-16(10)26(24,25)19-15-9-14(18)17(21)13-5-3-2-4-12(13)15/h2-9H,1H3. The van der Waals surface area contributed by atoms with E-state index in [-0.39, 0.29) is 26.9 Å². The van der Waals surface area contributed by atoms with E-state index in [1.54, 1.807) is 18.2 Å². The molecule has 0 amide bonds. The molecule has 2 aromatic carbocycles. The molecular weight excluding hydrogens is 380 g/mol. The molecule has 7 nitrogen and oxygen atoms in total. The fraction of sp³-hybridized carbons (Fsp3) is 0.0588. The van der Waals surface area contributed by atoms with E-state index in [1.807, 2.05) is 0 Å². The van der Waals surface area contributed by atoms with Gasteiger partial charge >= 0.3 is 0 Å². The first-order valence-electron chi connectivity index (χ1n) is 7.32. The van der Waals surface area contributed by atoms with Crippen molar-refractivity contribution in [2.45, 2.75) is 11.8 Å². The first kappa shape index (κ1) is 18.0. The van der Waals surface area contributed by atoms with Crippen LogP contribution in [0.25, 0.3) is 0 Å². The number of fused-ring (bicyclic) bond motifs is 1. The number of sulfonamides is 1. The second kappa shape index (κ2) is 6.47. The Balaban J connectivity index is 2.20. The molecule has 0 bridgehead atoms. The second-order valence-corrected chi connectivity index (χ2v) is 7.51. The van der Waals surface area contributed by atoms with Crippen molar-refractivity contribution in [2.75, 3.05) is 0 Å². The van der Waals surface area contributed by atoms with Crippen molar-refractivity contribution >= 4 is 38.8 Å². The normalized spacial score (nSPS) is 15.5. The zero-order chi connectivity index (χ0) is 19.1. The van der Waals surface area contributed by atoms with Gasteiger partial charge in [0.1, 0.15) is 0 Å². The van der Waals surface area contributed by atoms with Crippen molar-refractivity contribution in [1.82, 2.24) is 0 Å². The molecule has 1 aliphatic carbocycles. The smallest absolute Gasteiger partial charge is 0.283 e. The molecule has 26 heavy (non-hydrogen) atoms. The van der Waals surface area contributed by atoms with Crippen LogP contribution in [0, 0.1) is 17.0 Å². The van der Waals surface area contributed by atoms with Gasteiger partial charge in [0.15, 0.2) is 0 Å². The van der Waals surface area contributed by atoms with Gasteiger partial charge in [-0.25, -0.2) is 0 Å². The topological polar surface area (TPSA) is 107 Å². The van der Waals surface area contributed by atoms with Gasteiger partial charge in [0.2, 0.25) is 5.78 Å². The highest BCUT2D eigenvalue weighted by atomic mass is 35.5. The number of nitrogens with zero attached hydrogens (tertiary/aromatic N) is 2. The molecule has 0 aromatic heterocycles. The minimum absolute atomic E-state index is 0.00361. The van der Waals surface area contributed by atoms with Crippen molar-refractivity contribution in [2.24, 2.45) is 4.40 Å². The lowest BCUT2D eigenvalue weighted by molar-refractivity contribution is -0.385. The summed E-state index contributed by atoms with van der Waals surface area (Å²) >= 11 is 5.91. The van der Waals surface area contributed by atoms with Crippen molar-refractivity contribution in [3.63, 3.8) is 0 Å². The van der Waals surface area contributed by atoms with E-state index in [9.17, 15) is 23.3 Å². The Kier molecular flexibility index (Phi) is 4.47. The van der Waals surface area contributed by atoms with E-state index in [2.05, 4.69) is 4.40 Å². The van der Waals surface area contributed by atoms with Crippen molar-refractivity contribution in [3.05, 3.63) is 80.4 Å². The van der Waals surface area contributed by atoms with Gasteiger partial charge in [-0.2, -0.15) is 12.8 Å². The molecule has 0 N–H and O–H groups in total. The molecule has 2 aromatic rings. The van der Waals surface area contributed by atoms with Gasteiger partial charge in [-0.15, -0.1) is 0 Å². The number of nitro groups is 1. The Hall–Kier alpha value is -2.84. The summed E-state index contributed by atoms with van der Waals surface area (Å²) < 4.78 is 29.2. The third-order valence-corrected chi connectivity index (χ3v) is 5.52. The van der Waals surface area contributed by atoms with E-state index in [1.165, 1.54) is 31.2 Å².